The Bertz CT molecular complexity index is 857. The van der Waals surface area contributed by atoms with Crippen LogP contribution >= 0.6 is 0 Å². The van der Waals surface area contributed by atoms with Crippen molar-refractivity contribution in [2.24, 2.45) is 0 Å². The Kier molecular flexibility index (Phi) is 5.06. The number of aromatic nitrogens is 2. The van der Waals surface area contributed by atoms with Gasteiger partial charge in [0.15, 0.2) is 0 Å². The molecule has 138 valence electrons. The minimum Gasteiger partial charge on any atom is -0.348 e. The minimum absolute atomic E-state index is 0.0273. The van der Waals surface area contributed by atoms with Crippen molar-refractivity contribution < 1.29 is 9.72 Å². The Hall–Kier alpha value is -2.70. The molecule has 1 amide bonds. The number of rotatable bonds is 5. The van der Waals surface area contributed by atoms with Gasteiger partial charge in [-0.3, -0.25) is 19.6 Å². The molecule has 7 heteroatoms. The van der Waals surface area contributed by atoms with E-state index in [-0.39, 0.29) is 24.2 Å². The molecule has 0 spiro atoms. The van der Waals surface area contributed by atoms with Crippen molar-refractivity contribution in [1.29, 1.82) is 0 Å². The second-order valence-electron chi connectivity index (χ2n) is 6.96. The number of nitro groups is 1. The van der Waals surface area contributed by atoms with Crippen LogP contribution < -0.4 is 5.32 Å². The predicted octanol–water partition coefficient (Wildman–Crippen LogP) is 3.16. The number of nitrogens with one attached hydrogen (secondary N) is 1. The Labute approximate surface area is 152 Å². The summed E-state index contributed by atoms with van der Waals surface area (Å²) in [5, 5.41) is 18.2. The molecule has 1 aliphatic carbocycles. The molecule has 26 heavy (non-hydrogen) atoms. The molecule has 1 aromatic heterocycles. The predicted molar refractivity (Wildman–Crippen MR) is 98.0 cm³/mol. The van der Waals surface area contributed by atoms with Crippen LogP contribution in [0.4, 0.5) is 5.69 Å². The van der Waals surface area contributed by atoms with E-state index in [9.17, 15) is 14.9 Å². The van der Waals surface area contributed by atoms with E-state index in [1.807, 2.05) is 6.92 Å². The first-order chi connectivity index (χ1) is 12.4. The summed E-state index contributed by atoms with van der Waals surface area (Å²) in [5.74, 6) is -0.212. The first kappa shape index (κ1) is 18.1. The van der Waals surface area contributed by atoms with Crippen LogP contribution in [0, 0.1) is 24.0 Å². The topological polar surface area (TPSA) is 90.1 Å². The Balaban J connectivity index is 1.68. The second kappa shape index (κ2) is 7.27. The monoisotopic (exact) mass is 356 g/mol. The van der Waals surface area contributed by atoms with Gasteiger partial charge in [0.25, 0.3) is 0 Å². The molecule has 2 aromatic rings. The van der Waals surface area contributed by atoms with Crippen LogP contribution in [0.5, 0.6) is 0 Å². The summed E-state index contributed by atoms with van der Waals surface area (Å²) in [6.07, 6.45) is 4.69. The minimum atomic E-state index is -0.457. The van der Waals surface area contributed by atoms with Gasteiger partial charge >= 0.3 is 5.69 Å². The first-order valence-electron chi connectivity index (χ1n) is 8.96. The number of hydrogen-bond acceptors (Lipinski definition) is 4. The maximum Gasteiger partial charge on any atom is 0.312 e. The van der Waals surface area contributed by atoms with Gasteiger partial charge in [0.05, 0.1) is 11.0 Å². The number of aryl methyl sites for hydroxylation is 3. The fraction of sp³-hybridized carbons (Fsp3) is 0.474. The molecule has 0 saturated carbocycles. The third kappa shape index (κ3) is 3.61. The van der Waals surface area contributed by atoms with E-state index in [0.717, 1.165) is 18.4 Å². The van der Waals surface area contributed by atoms with Crippen molar-refractivity contribution in [2.45, 2.75) is 59.0 Å². The van der Waals surface area contributed by atoms with Gasteiger partial charge in [-0.15, -0.1) is 0 Å². The largest absolute Gasteiger partial charge is 0.348 e. The molecule has 1 heterocycles. The molecule has 7 nitrogen and oxygen atoms in total. The van der Waals surface area contributed by atoms with Gasteiger partial charge in [0.2, 0.25) is 5.91 Å². The van der Waals surface area contributed by atoms with Crippen LogP contribution in [0.3, 0.4) is 0 Å². The quantitative estimate of drug-likeness (QED) is 0.658. The fourth-order valence-corrected chi connectivity index (χ4v) is 3.63. The summed E-state index contributed by atoms with van der Waals surface area (Å²) in [7, 11) is 0. The summed E-state index contributed by atoms with van der Waals surface area (Å²) in [6.45, 7) is 5.11. The number of fused-ring (bicyclic) bond motifs is 1. The lowest BCUT2D eigenvalue weighted by atomic mass is 9.89. The molecule has 0 unspecified atom stereocenters. The average molecular weight is 356 g/mol. The van der Waals surface area contributed by atoms with E-state index in [2.05, 4.69) is 28.6 Å². The first-order valence-corrected chi connectivity index (χ1v) is 8.96. The Morgan fingerprint density at radius 3 is 2.65 bits per heavy atom. The summed E-state index contributed by atoms with van der Waals surface area (Å²) in [5.41, 5.74) is 4.56. The molecule has 1 N–H and O–H groups in total. The highest BCUT2D eigenvalue weighted by atomic mass is 16.6. The van der Waals surface area contributed by atoms with E-state index in [1.165, 1.54) is 28.7 Å². The van der Waals surface area contributed by atoms with Crippen molar-refractivity contribution in [3.63, 3.8) is 0 Å². The van der Waals surface area contributed by atoms with Gasteiger partial charge in [-0.25, -0.2) is 0 Å². The van der Waals surface area contributed by atoms with Gasteiger partial charge in [-0.2, -0.15) is 5.10 Å². The van der Waals surface area contributed by atoms with Gasteiger partial charge in [-0.05, 0) is 63.1 Å². The highest BCUT2D eigenvalue weighted by Crippen LogP contribution is 2.25. The lowest BCUT2D eigenvalue weighted by Gasteiger charge is -2.20. The molecule has 0 fully saturated rings. The lowest BCUT2D eigenvalue weighted by Crippen LogP contribution is -2.31. The molecule has 0 aliphatic heterocycles. The highest BCUT2D eigenvalue weighted by Gasteiger charge is 2.23. The molecule has 0 bridgehead atoms. The Morgan fingerprint density at radius 2 is 2.00 bits per heavy atom. The van der Waals surface area contributed by atoms with Gasteiger partial charge in [0.1, 0.15) is 17.9 Å². The van der Waals surface area contributed by atoms with Gasteiger partial charge in [-0.1, -0.05) is 18.2 Å². The van der Waals surface area contributed by atoms with Crippen LogP contribution in [-0.4, -0.2) is 20.6 Å². The second-order valence-corrected chi connectivity index (χ2v) is 6.96. The van der Waals surface area contributed by atoms with E-state index < -0.39 is 4.92 Å². The number of nitrogens with zero attached hydrogens (tertiary/aromatic N) is 3. The number of carbonyl (C=O) groups excluding carboxylic acids is 1. The van der Waals surface area contributed by atoms with Crippen LogP contribution in [0.25, 0.3) is 0 Å². The molecular weight excluding hydrogens is 332 g/mol. The highest BCUT2D eigenvalue weighted by molar-refractivity contribution is 5.76. The number of carbonyl (C=O) groups is 1. The summed E-state index contributed by atoms with van der Waals surface area (Å²) in [6, 6.07) is 6.30. The van der Waals surface area contributed by atoms with Crippen LogP contribution in [0.15, 0.2) is 18.2 Å². The molecule has 3 rings (SSSR count). The zero-order valence-electron chi connectivity index (χ0n) is 15.4. The molecule has 1 aromatic carbocycles. The number of amides is 1. The molecule has 0 saturated heterocycles. The van der Waals surface area contributed by atoms with Crippen molar-refractivity contribution in [2.75, 3.05) is 0 Å². The van der Waals surface area contributed by atoms with Crippen molar-refractivity contribution in [3.8, 4) is 0 Å². The van der Waals surface area contributed by atoms with Crippen molar-refractivity contribution in [3.05, 3.63) is 56.4 Å². The molecule has 0 radical (unpaired) electrons. The SMILES string of the molecule is Cc1nn(CC(=O)N[C@H](C)c2ccc3c(c2)CCCC3)c(C)c1[N+](=O)[O-]. The zero-order chi connectivity index (χ0) is 18.8. The summed E-state index contributed by atoms with van der Waals surface area (Å²) in [4.78, 5) is 23.0. The standard InChI is InChI=1S/C19H24N4O3/c1-12(16-9-8-15-6-4-5-7-17(15)10-16)20-18(24)11-22-14(3)19(23(25)26)13(2)21-22/h8-10,12H,4-7,11H2,1-3H3,(H,20,24)/t12-/m1/s1. The molecule has 1 aliphatic rings. The molecule has 1 atom stereocenters. The summed E-state index contributed by atoms with van der Waals surface area (Å²) >= 11 is 0. The maximum absolute atomic E-state index is 12.4. The van der Waals surface area contributed by atoms with Crippen molar-refractivity contribution in [1.82, 2.24) is 15.1 Å². The Morgan fingerprint density at radius 1 is 1.31 bits per heavy atom. The van der Waals surface area contributed by atoms with E-state index >= 15 is 0 Å². The smallest absolute Gasteiger partial charge is 0.312 e. The maximum atomic E-state index is 12.4. The zero-order valence-corrected chi connectivity index (χ0v) is 15.4. The van der Waals surface area contributed by atoms with Crippen LogP contribution in [-0.2, 0) is 24.2 Å². The van der Waals surface area contributed by atoms with Crippen LogP contribution in [0.1, 0.15) is 53.9 Å². The lowest BCUT2D eigenvalue weighted by molar-refractivity contribution is -0.386. The van der Waals surface area contributed by atoms with Gasteiger partial charge < -0.3 is 5.32 Å². The third-order valence-corrected chi connectivity index (χ3v) is 5.07. The average Bonchev–Trinajstić information content (AvgIpc) is 2.87. The fourth-order valence-electron chi connectivity index (χ4n) is 3.63. The van der Waals surface area contributed by atoms with E-state index in [0.29, 0.717) is 11.4 Å². The van der Waals surface area contributed by atoms with Gasteiger partial charge in [0, 0.05) is 0 Å². The third-order valence-electron chi connectivity index (χ3n) is 5.07. The number of benzene rings is 1. The van der Waals surface area contributed by atoms with Crippen molar-refractivity contribution >= 4 is 11.6 Å². The van der Waals surface area contributed by atoms with E-state index in [4.69, 9.17) is 0 Å². The number of hydrogen-bond donors (Lipinski definition) is 1. The molecular formula is C19H24N4O3. The van der Waals surface area contributed by atoms with E-state index in [1.54, 1.807) is 13.8 Å². The normalized spacial score (nSPS) is 14.6. The summed E-state index contributed by atoms with van der Waals surface area (Å²) < 4.78 is 1.39. The van der Waals surface area contributed by atoms with Crippen LogP contribution in [0.2, 0.25) is 0 Å².